The van der Waals surface area contributed by atoms with Crippen molar-refractivity contribution in [2.24, 2.45) is 0 Å². The molecule has 1 aliphatic rings. The van der Waals surface area contributed by atoms with Gasteiger partial charge in [0.15, 0.2) is 0 Å². The fourth-order valence-electron chi connectivity index (χ4n) is 10.1. The van der Waals surface area contributed by atoms with Crippen LogP contribution in [0.25, 0.3) is 64.3 Å². The van der Waals surface area contributed by atoms with Crippen LogP contribution in [0.2, 0.25) is 0 Å². The van der Waals surface area contributed by atoms with E-state index in [0.717, 1.165) is 11.4 Å². The molecule has 0 radical (unpaired) electrons. The number of hydrogen-bond donors (Lipinski definition) is 0. The molecule has 0 unspecified atom stereocenters. The third-order valence-corrected chi connectivity index (χ3v) is 13.9. The Morgan fingerprint density at radius 2 is 0.934 bits per heavy atom. The van der Waals surface area contributed by atoms with Crippen molar-refractivity contribution >= 4 is 59.3 Å². The quantitative estimate of drug-likeness (QED) is 0.155. The summed E-state index contributed by atoms with van der Waals surface area (Å²) in [5.74, 6) is 0. The minimum absolute atomic E-state index is 0.503. The SMILES string of the molecule is c1ccc(C2(c3ccccc3)c3ccccc3-c3c(N(c4ccc(-c5cccc(-c6ccc7ccccc7c6)c5)cc4)c4cccc5sc6ccccc6c45)cccc32)cc1. The van der Waals surface area contributed by atoms with Gasteiger partial charge in [-0.05, 0) is 109 Å². The van der Waals surface area contributed by atoms with Crippen LogP contribution in [0.4, 0.5) is 17.1 Å². The molecule has 1 aliphatic carbocycles. The molecule has 0 amide bonds. The maximum atomic E-state index is 2.53. The molecule has 286 valence electrons. The molecule has 10 aromatic carbocycles. The lowest BCUT2D eigenvalue weighted by atomic mass is 9.68. The number of benzene rings is 10. The Balaban J connectivity index is 1.08. The Morgan fingerprint density at radius 1 is 0.361 bits per heavy atom. The molecular formula is C59H39NS. The predicted molar refractivity (Wildman–Crippen MR) is 260 cm³/mol. The molecule has 61 heavy (non-hydrogen) atoms. The van der Waals surface area contributed by atoms with Gasteiger partial charge in [0, 0.05) is 31.4 Å². The molecule has 1 aromatic heterocycles. The van der Waals surface area contributed by atoms with Gasteiger partial charge in [-0.3, -0.25) is 0 Å². The minimum atomic E-state index is -0.503. The zero-order chi connectivity index (χ0) is 40.3. The highest BCUT2D eigenvalue weighted by Gasteiger charge is 2.47. The first-order valence-corrected chi connectivity index (χ1v) is 21.8. The van der Waals surface area contributed by atoms with Crippen LogP contribution in [0.5, 0.6) is 0 Å². The summed E-state index contributed by atoms with van der Waals surface area (Å²) < 4.78 is 2.57. The minimum Gasteiger partial charge on any atom is -0.309 e. The molecule has 0 spiro atoms. The Hall–Kier alpha value is -7.52. The third-order valence-electron chi connectivity index (χ3n) is 12.7. The van der Waals surface area contributed by atoms with Crippen LogP contribution in [0.15, 0.2) is 237 Å². The molecule has 1 heterocycles. The normalized spacial score (nSPS) is 12.7. The van der Waals surface area contributed by atoms with Crippen molar-refractivity contribution in [1.29, 1.82) is 0 Å². The maximum Gasteiger partial charge on any atom is 0.0714 e. The average Bonchev–Trinajstić information content (AvgIpc) is 3.87. The summed E-state index contributed by atoms with van der Waals surface area (Å²) in [5.41, 5.74) is 15.4. The van der Waals surface area contributed by atoms with Crippen LogP contribution in [0, 0.1) is 0 Å². The molecule has 12 rings (SSSR count). The lowest BCUT2D eigenvalue weighted by Crippen LogP contribution is -2.28. The van der Waals surface area contributed by atoms with Crippen LogP contribution in [0.1, 0.15) is 22.3 Å². The van der Waals surface area contributed by atoms with Crippen molar-refractivity contribution in [2.75, 3.05) is 4.90 Å². The first-order chi connectivity index (χ1) is 30.3. The second-order valence-electron chi connectivity index (χ2n) is 16.0. The van der Waals surface area contributed by atoms with E-state index in [1.54, 1.807) is 0 Å². The van der Waals surface area contributed by atoms with Crippen LogP contribution < -0.4 is 4.90 Å². The van der Waals surface area contributed by atoms with Gasteiger partial charge in [-0.25, -0.2) is 0 Å². The number of rotatable bonds is 7. The van der Waals surface area contributed by atoms with Crippen molar-refractivity contribution in [3.8, 4) is 33.4 Å². The second kappa shape index (κ2) is 14.3. The van der Waals surface area contributed by atoms with Gasteiger partial charge in [-0.1, -0.05) is 188 Å². The molecule has 0 saturated heterocycles. The lowest BCUT2D eigenvalue weighted by Gasteiger charge is -2.34. The van der Waals surface area contributed by atoms with E-state index in [2.05, 4.69) is 241 Å². The van der Waals surface area contributed by atoms with E-state index in [1.807, 2.05) is 11.3 Å². The Labute approximate surface area is 360 Å². The summed E-state index contributed by atoms with van der Waals surface area (Å²) in [5, 5.41) is 5.06. The summed E-state index contributed by atoms with van der Waals surface area (Å²) in [6.45, 7) is 0. The summed E-state index contributed by atoms with van der Waals surface area (Å²) >= 11 is 1.86. The van der Waals surface area contributed by atoms with E-state index >= 15 is 0 Å². The Morgan fingerprint density at radius 3 is 1.74 bits per heavy atom. The smallest absolute Gasteiger partial charge is 0.0714 e. The van der Waals surface area contributed by atoms with E-state index in [1.165, 1.54) is 92.3 Å². The molecular weight excluding hydrogens is 755 g/mol. The average molecular weight is 794 g/mol. The van der Waals surface area contributed by atoms with Crippen molar-refractivity contribution in [3.63, 3.8) is 0 Å². The molecule has 0 N–H and O–H groups in total. The predicted octanol–water partition coefficient (Wildman–Crippen LogP) is 16.4. The Kier molecular flexibility index (Phi) is 8.33. The van der Waals surface area contributed by atoms with Gasteiger partial charge in [0.25, 0.3) is 0 Å². The van der Waals surface area contributed by atoms with E-state index in [-0.39, 0.29) is 0 Å². The van der Waals surface area contributed by atoms with Crippen molar-refractivity contribution in [1.82, 2.24) is 0 Å². The van der Waals surface area contributed by atoms with Crippen LogP contribution in [-0.2, 0) is 5.41 Å². The van der Waals surface area contributed by atoms with Crippen LogP contribution in [0.3, 0.4) is 0 Å². The first kappa shape index (κ1) is 35.4. The molecule has 1 nitrogen and oxygen atoms in total. The van der Waals surface area contributed by atoms with E-state index < -0.39 is 5.41 Å². The largest absolute Gasteiger partial charge is 0.309 e. The van der Waals surface area contributed by atoms with Gasteiger partial charge in [0.1, 0.15) is 0 Å². The van der Waals surface area contributed by atoms with Crippen molar-refractivity contribution in [2.45, 2.75) is 5.41 Å². The van der Waals surface area contributed by atoms with Crippen LogP contribution in [-0.4, -0.2) is 0 Å². The topological polar surface area (TPSA) is 3.24 Å². The highest BCUT2D eigenvalue weighted by Crippen LogP contribution is 2.60. The molecule has 0 saturated carbocycles. The van der Waals surface area contributed by atoms with E-state index in [0.29, 0.717) is 0 Å². The zero-order valence-electron chi connectivity index (χ0n) is 33.4. The van der Waals surface area contributed by atoms with Gasteiger partial charge in [0.05, 0.1) is 16.8 Å². The zero-order valence-corrected chi connectivity index (χ0v) is 34.2. The monoisotopic (exact) mass is 793 g/mol. The molecule has 2 heteroatoms. The van der Waals surface area contributed by atoms with Gasteiger partial charge >= 0.3 is 0 Å². The van der Waals surface area contributed by atoms with E-state index in [9.17, 15) is 0 Å². The van der Waals surface area contributed by atoms with Crippen molar-refractivity contribution < 1.29 is 0 Å². The lowest BCUT2D eigenvalue weighted by molar-refractivity contribution is 0.768. The number of fused-ring (bicyclic) bond motifs is 7. The molecule has 0 atom stereocenters. The Bertz CT molecular complexity index is 3380. The molecule has 0 bridgehead atoms. The number of thiophene rings is 1. The second-order valence-corrected chi connectivity index (χ2v) is 17.1. The summed E-state index contributed by atoms with van der Waals surface area (Å²) in [6, 6.07) is 87.3. The molecule has 0 fully saturated rings. The highest BCUT2D eigenvalue weighted by molar-refractivity contribution is 7.26. The van der Waals surface area contributed by atoms with Crippen LogP contribution >= 0.6 is 11.3 Å². The summed E-state index contributed by atoms with van der Waals surface area (Å²) in [4.78, 5) is 2.53. The van der Waals surface area contributed by atoms with Gasteiger partial charge < -0.3 is 4.90 Å². The highest BCUT2D eigenvalue weighted by atomic mass is 32.1. The molecule has 11 aromatic rings. The van der Waals surface area contributed by atoms with Gasteiger partial charge in [-0.2, -0.15) is 0 Å². The summed E-state index contributed by atoms with van der Waals surface area (Å²) in [7, 11) is 0. The number of hydrogen-bond acceptors (Lipinski definition) is 2. The van der Waals surface area contributed by atoms with Crippen molar-refractivity contribution in [3.05, 3.63) is 259 Å². The molecule has 0 aliphatic heterocycles. The maximum absolute atomic E-state index is 2.53. The van der Waals surface area contributed by atoms with E-state index in [4.69, 9.17) is 0 Å². The summed E-state index contributed by atoms with van der Waals surface area (Å²) in [6.07, 6.45) is 0. The number of nitrogens with zero attached hydrogens (tertiary/aromatic N) is 1. The fourth-order valence-corrected chi connectivity index (χ4v) is 11.2. The van der Waals surface area contributed by atoms with Gasteiger partial charge in [-0.15, -0.1) is 11.3 Å². The first-order valence-electron chi connectivity index (χ1n) is 21.0. The van der Waals surface area contributed by atoms with Gasteiger partial charge in [0.2, 0.25) is 0 Å². The fraction of sp³-hybridized carbons (Fsp3) is 0.0169. The third kappa shape index (κ3) is 5.60. The standard InChI is InChI=1S/C59H39NS/c1-3-20-46(21-4-1)59(47-22-5-2-6-23-47)51-26-11-9-24-49(51)57-52(59)27-14-28-53(57)60(54-29-15-31-56-58(54)50-25-10-12-30-55(50)61-56)48-36-34-41(35-37-48)43-18-13-19-44(38-43)45-33-32-40-16-7-8-17-42(40)39-45/h1-39H. The number of anilines is 3.